The van der Waals surface area contributed by atoms with E-state index in [-0.39, 0.29) is 12.4 Å². The number of Topliss-reactive ketones (excluding diaryl/α,β-unsaturated/α-hetero) is 1. The van der Waals surface area contributed by atoms with E-state index in [1.807, 2.05) is 24.3 Å². The molecule has 0 heterocycles. The predicted molar refractivity (Wildman–Crippen MR) is 82.6 cm³/mol. The summed E-state index contributed by atoms with van der Waals surface area (Å²) in [5.74, 6) is 0.635. The molecule has 1 rings (SSSR count). The first kappa shape index (κ1) is 16.4. The van der Waals surface area contributed by atoms with Crippen molar-refractivity contribution in [2.45, 2.75) is 39.5 Å². The molecule has 1 atom stereocenters. The molecular weight excluding hydrogens is 304 g/mol. The monoisotopic (exact) mass is 326 g/mol. The van der Waals surface area contributed by atoms with Crippen LogP contribution in [0.2, 0.25) is 0 Å². The maximum absolute atomic E-state index is 11.9. The van der Waals surface area contributed by atoms with E-state index < -0.39 is 0 Å². The average molecular weight is 327 g/mol. The number of rotatable bonds is 9. The van der Waals surface area contributed by atoms with Crippen LogP contribution in [0, 0.1) is 5.92 Å². The molecular formula is C16H23BrO2. The quantitative estimate of drug-likeness (QED) is 0.605. The number of ketones is 1. The van der Waals surface area contributed by atoms with Crippen LogP contribution in [0.4, 0.5) is 0 Å². The number of hydrogen-bond acceptors (Lipinski definition) is 2. The summed E-state index contributed by atoms with van der Waals surface area (Å²) in [5, 5.41) is 0. The Kier molecular flexibility index (Phi) is 7.99. The molecule has 19 heavy (non-hydrogen) atoms. The van der Waals surface area contributed by atoms with Gasteiger partial charge >= 0.3 is 0 Å². The summed E-state index contributed by atoms with van der Waals surface area (Å²) in [5.41, 5.74) is 0.713. The minimum Gasteiger partial charge on any atom is -0.373 e. The van der Waals surface area contributed by atoms with Crippen molar-refractivity contribution in [1.29, 1.82) is 0 Å². The van der Waals surface area contributed by atoms with Crippen molar-refractivity contribution in [3.63, 3.8) is 0 Å². The van der Waals surface area contributed by atoms with Crippen LogP contribution in [-0.4, -0.2) is 19.0 Å². The first-order valence-corrected chi connectivity index (χ1v) is 7.83. The van der Waals surface area contributed by atoms with Crippen LogP contribution in [0.15, 0.2) is 28.7 Å². The third kappa shape index (κ3) is 6.35. The van der Waals surface area contributed by atoms with E-state index >= 15 is 0 Å². The molecule has 0 aliphatic carbocycles. The SMILES string of the molecule is CCCCC(CC)COCC(=O)c1ccc(Br)cc1. The Morgan fingerprint density at radius 3 is 2.53 bits per heavy atom. The van der Waals surface area contributed by atoms with Gasteiger partial charge in [-0.15, -0.1) is 0 Å². The van der Waals surface area contributed by atoms with E-state index in [2.05, 4.69) is 29.8 Å². The smallest absolute Gasteiger partial charge is 0.188 e. The fourth-order valence-electron chi connectivity index (χ4n) is 1.94. The normalized spacial score (nSPS) is 12.4. The topological polar surface area (TPSA) is 26.3 Å². The van der Waals surface area contributed by atoms with Crippen molar-refractivity contribution in [3.05, 3.63) is 34.3 Å². The van der Waals surface area contributed by atoms with E-state index in [1.165, 1.54) is 19.3 Å². The van der Waals surface area contributed by atoms with Crippen molar-refractivity contribution in [2.75, 3.05) is 13.2 Å². The first-order chi connectivity index (χ1) is 9.17. The summed E-state index contributed by atoms with van der Waals surface area (Å²) >= 11 is 3.36. The molecule has 3 heteroatoms. The second-order valence-corrected chi connectivity index (χ2v) is 5.78. The van der Waals surface area contributed by atoms with Gasteiger partial charge in [0.2, 0.25) is 0 Å². The molecule has 1 aromatic rings. The number of halogens is 1. The van der Waals surface area contributed by atoms with E-state index in [1.54, 1.807) is 0 Å². The number of unbranched alkanes of at least 4 members (excludes halogenated alkanes) is 1. The zero-order valence-corrected chi connectivity index (χ0v) is 13.4. The Hall–Kier alpha value is -0.670. The molecule has 0 radical (unpaired) electrons. The van der Waals surface area contributed by atoms with E-state index in [0.717, 1.165) is 10.9 Å². The lowest BCUT2D eigenvalue weighted by atomic mass is 10.0. The van der Waals surface area contributed by atoms with Gasteiger partial charge in [0, 0.05) is 16.6 Å². The summed E-state index contributed by atoms with van der Waals surface area (Å²) in [4.78, 5) is 11.9. The molecule has 0 bridgehead atoms. The molecule has 1 unspecified atom stereocenters. The van der Waals surface area contributed by atoms with Crippen molar-refractivity contribution >= 4 is 21.7 Å². The third-order valence-corrected chi connectivity index (χ3v) is 3.82. The van der Waals surface area contributed by atoms with E-state index in [0.29, 0.717) is 18.1 Å². The van der Waals surface area contributed by atoms with Gasteiger partial charge < -0.3 is 4.74 Å². The van der Waals surface area contributed by atoms with Crippen molar-refractivity contribution in [3.8, 4) is 0 Å². The second-order valence-electron chi connectivity index (χ2n) is 4.86. The molecule has 0 aliphatic rings. The predicted octanol–water partition coefficient (Wildman–Crippen LogP) is 4.86. The van der Waals surface area contributed by atoms with Crippen LogP contribution >= 0.6 is 15.9 Å². The summed E-state index contributed by atoms with van der Waals surface area (Å²) in [6.45, 7) is 5.26. The minimum absolute atomic E-state index is 0.0536. The molecule has 0 spiro atoms. The van der Waals surface area contributed by atoms with Gasteiger partial charge in [-0.25, -0.2) is 0 Å². The Labute approximate surface area is 124 Å². The molecule has 0 fully saturated rings. The van der Waals surface area contributed by atoms with Gasteiger partial charge in [0.15, 0.2) is 5.78 Å². The Balaban J connectivity index is 2.31. The largest absolute Gasteiger partial charge is 0.373 e. The van der Waals surface area contributed by atoms with Crippen LogP contribution in [0.5, 0.6) is 0 Å². The number of carbonyl (C=O) groups excluding carboxylic acids is 1. The summed E-state index contributed by atoms with van der Waals surface area (Å²) < 4.78 is 6.55. The van der Waals surface area contributed by atoms with Crippen LogP contribution in [0.1, 0.15) is 49.9 Å². The van der Waals surface area contributed by atoms with Crippen LogP contribution < -0.4 is 0 Å². The lowest BCUT2D eigenvalue weighted by Gasteiger charge is -2.14. The molecule has 0 amide bonds. The highest BCUT2D eigenvalue weighted by Crippen LogP contribution is 2.14. The van der Waals surface area contributed by atoms with Crippen molar-refractivity contribution in [1.82, 2.24) is 0 Å². The summed E-state index contributed by atoms with van der Waals surface area (Å²) in [6, 6.07) is 7.40. The second kappa shape index (κ2) is 9.27. The third-order valence-electron chi connectivity index (χ3n) is 3.30. The van der Waals surface area contributed by atoms with Gasteiger partial charge in [-0.3, -0.25) is 4.79 Å². The van der Waals surface area contributed by atoms with Gasteiger partial charge in [0.1, 0.15) is 6.61 Å². The molecule has 0 N–H and O–H groups in total. The molecule has 0 aromatic heterocycles. The van der Waals surface area contributed by atoms with Crippen LogP contribution in [0.3, 0.4) is 0 Å². The molecule has 0 saturated heterocycles. The summed E-state index contributed by atoms with van der Waals surface area (Å²) in [6.07, 6.45) is 4.77. The highest BCUT2D eigenvalue weighted by molar-refractivity contribution is 9.10. The Bertz CT molecular complexity index is 373. The van der Waals surface area contributed by atoms with Gasteiger partial charge in [-0.05, 0) is 24.5 Å². The van der Waals surface area contributed by atoms with Crippen LogP contribution in [-0.2, 0) is 4.74 Å². The fourth-order valence-corrected chi connectivity index (χ4v) is 2.20. The maximum atomic E-state index is 11.9. The number of benzene rings is 1. The zero-order chi connectivity index (χ0) is 14.1. The summed E-state index contributed by atoms with van der Waals surface area (Å²) in [7, 11) is 0. The van der Waals surface area contributed by atoms with Crippen LogP contribution in [0.25, 0.3) is 0 Å². The average Bonchev–Trinajstić information content (AvgIpc) is 2.43. The standard InChI is InChI=1S/C16H23BrO2/c1-3-5-6-13(4-2)11-19-12-16(18)14-7-9-15(17)10-8-14/h7-10,13H,3-6,11-12H2,1-2H3. The van der Waals surface area contributed by atoms with Crippen molar-refractivity contribution < 1.29 is 9.53 Å². The molecule has 1 aromatic carbocycles. The zero-order valence-electron chi connectivity index (χ0n) is 11.8. The Morgan fingerprint density at radius 1 is 1.26 bits per heavy atom. The minimum atomic E-state index is 0.0536. The number of hydrogen-bond donors (Lipinski definition) is 0. The molecule has 2 nitrogen and oxygen atoms in total. The first-order valence-electron chi connectivity index (χ1n) is 7.03. The fraction of sp³-hybridized carbons (Fsp3) is 0.562. The molecule has 106 valence electrons. The van der Waals surface area contributed by atoms with E-state index in [9.17, 15) is 4.79 Å². The number of carbonyl (C=O) groups is 1. The maximum Gasteiger partial charge on any atom is 0.188 e. The molecule has 0 aliphatic heterocycles. The van der Waals surface area contributed by atoms with Gasteiger partial charge in [0.25, 0.3) is 0 Å². The number of ether oxygens (including phenoxy) is 1. The van der Waals surface area contributed by atoms with Gasteiger partial charge in [0.05, 0.1) is 0 Å². The van der Waals surface area contributed by atoms with Gasteiger partial charge in [-0.1, -0.05) is 61.2 Å². The molecule has 0 saturated carbocycles. The highest BCUT2D eigenvalue weighted by atomic mass is 79.9. The Morgan fingerprint density at radius 2 is 1.95 bits per heavy atom. The van der Waals surface area contributed by atoms with Crippen molar-refractivity contribution in [2.24, 2.45) is 5.92 Å². The highest BCUT2D eigenvalue weighted by Gasteiger charge is 2.09. The lowest BCUT2D eigenvalue weighted by Crippen LogP contribution is -2.15. The van der Waals surface area contributed by atoms with E-state index in [4.69, 9.17) is 4.74 Å². The lowest BCUT2D eigenvalue weighted by molar-refractivity contribution is 0.0658. The van der Waals surface area contributed by atoms with Gasteiger partial charge in [-0.2, -0.15) is 0 Å².